The molecule has 0 aliphatic heterocycles. The summed E-state index contributed by atoms with van der Waals surface area (Å²) in [4.78, 5) is 13.9. The summed E-state index contributed by atoms with van der Waals surface area (Å²) in [6.07, 6.45) is 5.71. The van der Waals surface area contributed by atoms with Crippen molar-refractivity contribution in [1.29, 1.82) is 0 Å². The van der Waals surface area contributed by atoms with Gasteiger partial charge in [-0.15, -0.1) is 0 Å². The minimum absolute atomic E-state index is 0.107. The van der Waals surface area contributed by atoms with Gasteiger partial charge in [0.05, 0.1) is 0 Å². The van der Waals surface area contributed by atoms with Gasteiger partial charge in [-0.2, -0.15) is 0 Å². The van der Waals surface area contributed by atoms with Crippen LogP contribution in [0.5, 0.6) is 0 Å². The van der Waals surface area contributed by atoms with Crippen LogP contribution in [0.1, 0.15) is 43.7 Å². The highest BCUT2D eigenvalue weighted by Crippen LogP contribution is 2.38. The van der Waals surface area contributed by atoms with E-state index in [0.29, 0.717) is 0 Å². The van der Waals surface area contributed by atoms with Crippen molar-refractivity contribution in [2.24, 2.45) is 11.3 Å². The van der Waals surface area contributed by atoms with Crippen LogP contribution < -0.4 is 0 Å². The van der Waals surface area contributed by atoms with E-state index in [1.54, 1.807) is 0 Å². The number of rotatable bonds is 5. The molecule has 0 aromatic heterocycles. The Hall–Kier alpha value is -1.15. The van der Waals surface area contributed by atoms with E-state index in [1.807, 2.05) is 0 Å². The molecule has 1 saturated carbocycles. The molecular formula is C18H27NO. The maximum atomic E-state index is 11.6. The van der Waals surface area contributed by atoms with E-state index >= 15 is 0 Å². The lowest BCUT2D eigenvalue weighted by Crippen LogP contribution is -2.39. The highest BCUT2D eigenvalue weighted by Gasteiger charge is 2.34. The van der Waals surface area contributed by atoms with Crippen LogP contribution in [0, 0.1) is 18.3 Å². The average Bonchev–Trinajstić information content (AvgIpc) is 2.44. The zero-order valence-corrected chi connectivity index (χ0v) is 13.1. The SMILES string of the molecule is Cc1ccccc1CN(C)CC1(C=O)CCC(C)CC1. The van der Waals surface area contributed by atoms with Crippen molar-refractivity contribution < 1.29 is 4.79 Å². The number of aryl methyl sites for hydroxylation is 1. The van der Waals surface area contributed by atoms with E-state index in [0.717, 1.165) is 31.8 Å². The Morgan fingerprint density at radius 2 is 1.95 bits per heavy atom. The van der Waals surface area contributed by atoms with E-state index in [2.05, 4.69) is 50.1 Å². The Bertz CT molecular complexity index is 446. The third-order valence-corrected chi connectivity index (χ3v) is 4.81. The highest BCUT2D eigenvalue weighted by atomic mass is 16.1. The lowest BCUT2D eigenvalue weighted by Gasteiger charge is -2.37. The van der Waals surface area contributed by atoms with Gasteiger partial charge in [0.2, 0.25) is 0 Å². The Balaban J connectivity index is 1.98. The fourth-order valence-electron chi connectivity index (χ4n) is 3.32. The first-order valence-electron chi connectivity index (χ1n) is 7.74. The Labute approximate surface area is 123 Å². The van der Waals surface area contributed by atoms with Crippen molar-refractivity contribution in [3.8, 4) is 0 Å². The second-order valence-electron chi connectivity index (χ2n) is 6.76. The number of carbonyl (C=O) groups is 1. The first kappa shape index (κ1) is 15.2. The second-order valence-corrected chi connectivity index (χ2v) is 6.76. The molecule has 1 aromatic rings. The first-order valence-corrected chi connectivity index (χ1v) is 7.74. The second kappa shape index (κ2) is 6.53. The summed E-state index contributed by atoms with van der Waals surface area (Å²) >= 11 is 0. The van der Waals surface area contributed by atoms with Crippen LogP contribution >= 0.6 is 0 Å². The molecule has 1 fully saturated rings. The lowest BCUT2D eigenvalue weighted by atomic mass is 9.71. The van der Waals surface area contributed by atoms with Crippen molar-refractivity contribution in [3.63, 3.8) is 0 Å². The fraction of sp³-hybridized carbons (Fsp3) is 0.611. The Morgan fingerprint density at radius 3 is 2.55 bits per heavy atom. The van der Waals surface area contributed by atoms with Crippen molar-refractivity contribution >= 4 is 6.29 Å². The van der Waals surface area contributed by atoms with Crippen LogP contribution in [-0.4, -0.2) is 24.8 Å². The first-order chi connectivity index (χ1) is 9.54. The lowest BCUT2D eigenvalue weighted by molar-refractivity contribution is -0.119. The van der Waals surface area contributed by atoms with E-state index in [4.69, 9.17) is 0 Å². The van der Waals surface area contributed by atoms with Gasteiger partial charge in [0, 0.05) is 18.5 Å². The maximum Gasteiger partial charge on any atom is 0.127 e. The van der Waals surface area contributed by atoms with Gasteiger partial charge in [-0.25, -0.2) is 0 Å². The number of hydrogen-bond acceptors (Lipinski definition) is 2. The molecule has 0 bridgehead atoms. The zero-order valence-electron chi connectivity index (χ0n) is 13.1. The summed E-state index contributed by atoms with van der Waals surface area (Å²) in [7, 11) is 2.13. The van der Waals surface area contributed by atoms with Crippen LogP contribution in [0.15, 0.2) is 24.3 Å². The van der Waals surface area contributed by atoms with Crippen LogP contribution in [0.3, 0.4) is 0 Å². The van der Waals surface area contributed by atoms with Crippen LogP contribution in [0.4, 0.5) is 0 Å². The van der Waals surface area contributed by atoms with Crippen molar-refractivity contribution in [2.45, 2.75) is 46.1 Å². The zero-order chi connectivity index (χ0) is 14.6. The molecule has 2 rings (SSSR count). The molecule has 0 N–H and O–H groups in total. The smallest absolute Gasteiger partial charge is 0.127 e. The van der Waals surface area contributed by atoms with Crippen LogP contribution in [-0.2, 0) is 11.3 Å². The van der Waals surface area contributed by atoms with Gasteiger partial charge in [0.25, 0.3) is 0 Å². The summed E-state index contributed by atoms with van der Waals surface area (Å²) in [5.41, 5.74) is 2.58. The monoisotopic (exact) mass is 273 g/mol. The van der Waals surface area contributed by atoms with E-state index in [-0.39, 0.29) is 5.41 Å². The van der Waals surface area contributed by atoms with Gasteiger partial charge in [0.15, 0.2) is 0 Å². The molecule has 2 heteroatoms. The summed E-state index contributed by atoms with van der Waals surface area (Å²) in [6, 6.07) is 8.51. The number of aldehydes is 1. The molecule has 2 nitrogen and oxygen atoms in total. The molecule has 0 amide bonds. The van der Waals surface area contributed by atoms with Crippen LogP contribution in [0.2, 0.25) is 0 Å². The molecule has 0 atom stereocenters. The number of carbonyl (C=O) groups excluding carboxylic acids is 1. The maximum absolute atomic E-state index is 11.6. The Kier molecular flexibility index (Phi) is 4.98. The normalized spacial score (nSPS) is 26.7. The van der Waals surface area contributed by atoms with Crippen molar-refractivity contribution in [2.75, 3.05) is 13.6 Å². The molecule has 20 heavy (non-hydrogen) atoms. The molecule has 1 aromatic carbocycles. The molecular weight excluding hydrogens is 246 g/mol. The quantitative estimate of drug-likeness (QED) is 0.760. The third-order valence-electron chi connectivity index (χ3n) is 4.81. The molecule has 0 saturated heterocycles. The largest absolute Gasteiger partial charge is 0.303 e. The van der Waals surface area contributed by atoms with E-state index in [1.165, 1.54) is 30.3 Å². The molecule has 0 unspecified atom stereocenters. The van der Waals surface area contributed by atoms with Gasteiger partial charge in [-0.3, -0.25) is 0 Å². The standard InChI is InChI=1S/C18H27NO/c1-15-8-10-18(14-20,11-9-15)13-19(3)12-17-7-5-4-6-16(17)2/h4-7,14-15H,8-13H2,1-3H3. The number of hydrogen-bond donors (Lipinski definition) is 0. The number of benzene rings is 1. The third kappa shape index (κ3) is 3.69. The summed E-state index contributed by atoms with van der Waals surface area (Å²) in [6.45, 7) is 6.27. The molecule has 110 valence electrons. The predicted molar refractivity (Wildman–Crippen MR) is 83.6 cm³/mol. The van der Waals surface area contributed by atoms with Crippen molar-refractivity contribution in [3.05, 3.63) is 35.4 Å². The highest BCUT2D eigenvalue weighted by molar-refractivity contribution is 5.60. The topological polar surface area (TPSA) is 20.3 Å². The minimum Gasteiger partial charge on any atom is -0.303 e. The summed E-state index contributed by atoms with van der Waals surface area (Å²) in [5.74, 6) is 0.782. The average molecular weight is 273 g/mol. The predicted octanol–water partition coefficient (Wildman–Crippen LogP) is 3.82. The van der Waals surface area contributed by atoms with Gasteiger partial charge < -0.3 is 9.69 Å². The molecule has 1 aliphatic carbocycles. The van der Waals surface area contributed by atoms with Crippen LogP contribution in [0.25, 0.3) is 0 Å². The number of nitrogens with zero attached hydrogens (tertiary/aromatic N) is 1. The summed E-state index contributed by atoms with van der Waals surface area (Å²) < 4.78 is 0. The Morgan fingerprint density at radius 1 is 1.30 bits per heavy atom. The fourth-order valence-corrected chi connectivity index (χ4v) is 3.32. The van der Waals surface area contributed by atoms with Gasteiger partial charge in [-0.05, 0) is 56.7 Å². The molecule has 0 heterocycles. The van der Waals surface area contributed by atoms with E-state index < -0.39 is 0 Å². The molecule has 0 radical (unpaired) electrons. The van der Waals surface area contributed by atoms with Gasteiger partial charge >= 0.3 is 0 Å². The van der Waals surface area contributed by atoms with Crippen molar-refractivity contribution in [1.82, 2.24) is 4.90 Å². The van der Waals surface area contributed by atoms with Gasteiger partial charge in [-0.1, -0.05) is 31.2 Å². The van der Waals surface area contributed by atoms with E-state index in [9.17, 15) is 4.79 Å². The summed E-state index contributed by atoms with van der Waals surface area (Å²) in [5, 5.41) is 0. The minimum atomic E-state index is -0.107. The molecule has 1 aliphatic rings. The molecule has 0 spiro atoms. The van der Waals surface area contributed by atoms with Gasteiger partial charge in [0.1, 0.15) is 6.29 Å².